The number of alkyl halides is 3. The number of benzene rings is 3. The fraction of sp³-hybridized carbons (Fsp3) is 0.379. The summed E-state index contributed by atoms with van der Waals surface area (Å²) in [5.74, 6) is 1.37. The van der Waals surface area contributed by atoms with Gasteiger partial charge in [-0.2, -0.15) is 13.2 Å². The molecule has 0 aromatic heterocycles. The van der Waals surface area contributed by atoms with Crippen molar-refractivity contribution in [2.75, 3.05) is 26.7 Å². The third-order valence-corrected chi connectivity index (χ3v) is 7.72. The lowest BCUT2D eigenvalue weighted by Crippen LogP contribution is -2.66. The average molecular weight is 481 g/mol. The highest BCUT2D eigenvalue weighted by atomic mass is 19.4. The number of piperidine rings is 3. The van der Waals surface area contributed by atoms with Crippen LogP contribution in [0.1, 0.15) is 29.5 Å². The Morgan fingerprint density at radius 1 is 0.943 bits per heavy atom. The van der Waals surface area contributed by atoms with Crippen molar-refractivity contribution < 1.29 is 17.9 Å². The zero-order valence-corrected chi connectivity index (χ0v) is 19.9. The molecular formula is C29H31F3N2O. The summed E-state index contributed by atoms with van der Waals surface area (Å²) in [6.07, 6.45) is -1.34. The summed E-state index contributed by atoms with van der Waals surface area (Å²) in [5.41, 5.74) is 2.89. The van der Waals surface area contributed by atoms with Gasteiger partial charge in [-0.05, 0) is 73.2 Å². The number of hydrogen-bond acceptors (Lipinski definition) is 3. The van der Waals surface area contributed by atoms with E-state index in [9.17, 15) is 13.2 Å². The standard InChI is InChI=1S/C29H31F3N2O/c1-35-27-12-5-3-8-23(27)19-33-28(20-34-15-13-24(28)14-16-34)18-22-7-2-4-11-26(22)21-9-6-10-25(17-21)29(30,31)32/h2-12,17,24,33H,13-16,18-20H2,1H3. The van der Waals surface area contributed by atoms with Crippen molar-refractivity contribution in [3.63, 3.8) is 0 Å². The zero-order chi connectivity index (χ0) is 24.5. The maximum Gasteiger partial charge on any atom is 0.416 e. The minimum Gasteiger partial charge on any atom is -0.496 e. The first kappa shape index (κ1) is 23.9. The van der Waals surface area contributed by atoms with E-state index in [-0.39, 0.29) is 5.54 Å². The van der Waals surface area contributed by atoms with Gasteiger partial charge in [0.1, 0.15) is 5.75 Å². The van der Waals surface area contributed by atoms with Gasteiger partial charge in [0.15, 0.2) is 0 Å². The lowest BCUT2D eigenvalue weighted by molar-refractivity contribution is -0.137. The van der Waals surface area contributed by atoms with E-state index in [0.29, 0.717) is 18.0 Å². The smallest absolute Gasteiger partial charge is 0.416 e. The maximum absolute atomic E-state index is 13.4. The molecule has 3 nitrogen and oxygen atoms in total. The summed E-state index contributed by atoms with van der Waals surface area (Å²) >= 11 is 0. The van der Waals surface area contributed by atoms with Gasteiger partial charge in [0.2, 0.25) is 0 Å². The van der Waals surface area contributed by atoms with Crippen molar-refractivity contribution in [3.8, 4) is 16.9 Å². The minimum atomic E-state index is -4.36. The van der Waals surface area contributed by atoms with Gasteiger partial charge in [0.05, 0.1) is 12.7 Å². The summed E-state index contributed by atoms with van der Waals surface area (Å²) < 4.78 is 45.8. The monoisotopic (exact) mass is 480 g/mol. The molecule has 1 N–H and O–H groups in total. The quantitative estimate of drug-likeness (QED) is 0.437. The van der Waals surface area contributed by atoms with Crippen LogP contribution in [0.2, 0.25) is 0 Å². The molecule has 35 heavy (non-hydrogen) atoms. The van der Waals surface area contributed by atoms with E-state index in [0.717, 1.165) is 67.4 Å². The van der Waals surface area contributed by atoms with Crippen molar-refractivity contribution in [2.45, 2.75) is 37.5 Å². The number of para-hydroxylation sites is 1. The summed E-state index contributed by atoms with van der Waals surface area (Å²) in [5, 5.41) is 3.92. The highest BCUT2D eigenvalue weighted by Gasteiger charge is 2.46. The Morgan fingerprint density at radius 2 is 1.66 bits per heavy atom. The number of methoxy groups -OCH3 is 1. The summed E-state index contributed by atoms with van der Waals surface area (Å²) in [4.78, 5) is 2.52. The molecule has 3 aliphatic heterocycles. The van der Waals surface area contributed by atoms with Crippen molar-refractivity contribution in [3.05, 3.63) is 89.5 Å². The first-order valence-corrected chi connectivity index (χ1v) is 12.2. The Labute approximate surface area is 204 Å². The van der Waals surface area contributed by atoms with Crippen LogP contribution in [0.25, 0.3) is 11.1 Å². The predicted octanol–water partition coefficient (Wildman–Crippen LogP) is 6.18. The van der Waals surface area contributed by atoms with Crippen LogP contribution < -0.4 is 10.1 Å². The van der Waals surface area contributed by atoms with E-state index in [2.05, 4.69) is 22.3 Å². The Kier molecular flexibility index (Phi) is 6.60. The number of nitrogens with zero attached hydrogens (tertiary/aromatic N) is 1. The van der Waals surface area contributed by atoms with Gasteiger partial charge < -0.3 is 15.0 Å². The largest absolute Gasteiger partial charge is 0.496 e. The van der Waals surface area contributed by atoms with Crippen molar-refractivity contribution in [1.82, 2.24) is 10.2 Å². The first-order chi connectivity index (χ1) is 16.9. The second kappa shape index (κ2) is 9.67. The number of rotatable bonds is 7. The lowest BCUT2D eigenvalue weighted by atomic mass is 9.69. The molecule has 6 heteroatoms. The minimum absolute atomic E-state index is 0.158. The molecule has 2 bridgehead atoms. The molecule has 0 spiro atoms. The Morgan fingerprint density at radius 3 is 2.34 bits per heavy atom. The molecule has 3 aromatic carbocycles. The van der Waals surface area contributed by atoms with E-state index in [1.54, 1.807) is 13.2 Å². The predicted molar refractivity (Wildman–Crippen MR) is 132 cm³/mol. The second-order valence-corrected chi connectivity index (χ2v) is 9.78. The Hall–Kier alpha value is -2.83. The van der Waals surface area contributed by atoms with Crippen molar-refractivity contribution in [1.29, 1.82) is 0 Å². The van der Waals surface area contributed by atoms with E-state index in [1.165, 1.54) is 12.1 Å². The number of ether oxygens (including phenoxy) is 1. The third-order valence-electron chi connectivity index (χ3n) is 7.72. The van der Waals surface area contributed by atoms with Crippen LogP contribution in [0.4, 0.5) is 13.2 Å². The molecule has 0 amide bonds. The molecule has 3 fully saturated rings. The van der Waals surface area contributed by atoms with Crippen molar-refractivity contribution in [2.24, 2.45) is 5.92 Å². The third kappa shape index (κ3) is 4.95. The van der Waals surface area contributed by atoms with Crippen LogP contribution >= 0.6 is 0 Å². The molecule has 1 unspecified atom stereocenters. The van der Waals surface area contributed by atoms with E-state index >= 15 is 0 Å². The van der Waals surface area contributed by atoms with Crippen LogP contribution in [-0.2, 0) is 19.1 Å². The molecule has 3 aromatic rings. The summed E-state index contributed by atoms with van der Waals surface area (Å²) in [6, 6.07) is 21.6. The number of fused-ring (bicyclic) bond motifs is 3. The SMILES string of the molecule is COc1ccccc1CNC1(Cc2ccccc2-c2cccc(C(F)(F)F)c2)CN2CCC1CC2. The molecule has 0 saturated carbocycles. The molecule has 1 atom stereocenters. The first-order valence-electron chi connectivity index (χ1n) is 12.2. The van der Waals surface area contributed by atoms with Gasteiger partial charge in [-0.15, -0.1) is 0 Å². The van der Waals surface area contributed by atoms with Crippen LogP contribution in [0, 0.1) is 5.92 Å². The number of hydrogen-bond donors (Lipinski definition) is 1. The van der Waals surface area contributed by atoms with E-state index in [4.69, 9.17) is 4.74 Å². The summed E-state index contributed by atoms with van der Waals surface area (Å²) in [7, 11) is 1.69. The fourth-order valence-electron chi connectivity index (χ4n) is 5.91. The van der Waals surface area contributed by atoms with Crippen LogP contribution in [-0.4, -0.2) is 37.2 Å². The van der Waals surface area contributed by atoms with Gasteiger partial charge in [-0.3, -0.25) is 0 Å². The Balaban J connectivity index is 1.49. The highest BCUT2D eigenvalue weighted by molar-refractivity contribution is 5.68. The molecule has 3 aliphatic rings. The highest BCUT2D eigenvalue weighted by Crippen LogP contribution is 2.40. The van der Waals surface area contributed by atoms with Crippen LogP contribution in [0.5, 0.6) is 5.75 Å². The molecule has 184 valence electrons. The molecule has 0 aliphatic carbocycles. The van der Waals surface area contributed by atoms with Gasteiger partial charge in [-0.25, -0.2) is 0 Å². The molecule has 3 saturated heterocycles. The average Bonchev–Trinajstić information content (AvgIpc) is 2.88. The van der Waals surface area contributed by atoms with E-state index in [1.807, 2.05) is 36.4 Å². The molecule has 6 rings (SSSR count). The molecular weight excluding hydrogens is 449 g/mol. The lowest BCUT2D eigenvalue weighted by Gasteiger charge is -2.54. The van der Waals surface area contributed by atoms with Crippen LogP contribution in [0.15, 0.2) is 72.8 Å². The molecule has 3 heterocycles. The van der Waals surface area contributed by atoms with Crippen molar-refractivity contribution >= 4 is 0 Å². The normalized spacial score (nSPS) is 23.9. The van der Waals surface area contributed by atoms with Gasteiger partial charge in [0, 0.05) is 24.2 Å². The van der Waals surface area contributed by atoms with Gasteiger partial charge in [-0.1, -0.05) is 54.6 Å². The van der Waals surface area contributed by atoms with Gasteiger partial charge >= 0.3 is 6.18 Å². The number of nitrogens with one attached hydrogen (secondary N) is 1. The molecule has 0 radical (unpaired) electrons. The fourth-order valence-corrected chi connectivity index (χ4v) is 5.91. The van der Waals surface area contributed by atoms with E-state index < -0.39 is 11.7 Å². The second-order valence-electron chi connectivity index (χ2n) is 9.78. The zero-order valence-electron chi connectivity index (χ0n) is 19.9. The van der Waals surface area contributed by atoms with Gasteiger partial charge in [0.25, 0.3) is 0 Å². The summed E-state index contributed by atoms with van der Waals surface area (Å²) in [6.45, 7) is 3.83. The number of halogens is 3. The Bertz CT molecular complexity index is 1170. The van der Waals surface area contributed by atoms with Crippen LogP contribution in [0.3, 0.4) is 0 Å². The maximum atomic E-state index is 13.4. The topological polar surface area (TPSA) is 24.5 Å².